The van der Waals surface area contributed by atoms with Gasteiger partial charge in [-0.1, -0.05) is 51.2 Å². The summed E-state index contributed by atoms with van der Waals surface area (Å²) in [4.78, 5) is 12.3. The standard InChI is InChI=1S/C17H36N3O6PSi2/c1-16(2,3)28(7,8)25-13-12(19-20-18)11-23-15(24-27(21)22)14(13)26-29(9,10)17(4,5)6/h12-15H,11H2,1-10H3/p+1/t12-,13-,14+,15+/m0/s1. The first-order chi connectivity index (χ1) is 12.9. The third-order valence-electron chi connectivity index (χ3n) is 6.27. The molecule has 29 heavy (non-hydrogen) atoms. The van der Waals surface area contributed by atoms with Gasteiger partial charge in [-0.3, -0.25) is 0 Å². The number of hydrogen-bond acceptors (Lipinski definition) is 6. The van der Waals surface area contributed by atoms with Crippen LogP contribution in [-0.4, -0.2) is 52.7 Å². The Morgan fingerprint density at radius 1 is 1.03 bits per heavy atom. The highest BCUT2D eigenvalue weighted by Gasteiger charge is 2.53. The Morgan fingerprint density at radius 3 is 1.86 bits per heavy atom. The predicted octanol–water partition coefficient (Wildman–Crippen LogP) is 5.47. The van der Waals surface area contributed by atoms with Gasteiger partial charge in [-0.15, -0.1) is 4.89 Å². The molecule has 0 aromatic rings. The molecule has 0 bridgehead atoms. The zero-order chi connectivity index (χ0) is 22.8. The van der Waals surface area contributed by atoms with Gasteiger partial charge in [-0.2, -0.15) is 0 Å². The van der Waals surface area contributed by atoms with Crippen molar-refractivity contribution in [2.75, 3.05) is 6.61 Å². The molecule has 0 amide bonds. The molecular formula is C17H37N3O6PSi2+. The summed E-state index contributed by atoms with van der Waals surface area (Å²) < 4.78 is 35.4. The van der Waals surface area contributed by atoms with Gasteiger partial charge in [0.15, 0.2) is 16.6 Å². The lowest BCUT2D eigenvalue weighted by molar-refractivity contribution is -0.205. The maximum absolute atomic E-state index is 11.4. The Balaban J connectivity index is 3.42. The van der Waals surface area contributed by atoms with Crippen molar-refractivity contribution >= 4 is 24.9 Å². The minimum Gasteiger partial charge on any atom is -0.411 e. The van der Waals surface area contributed by atoms with E-state index in [1.807, 2.05) is 0 Å². The Labute approximate surface area is 177 Å². The third kappa shape index (κ3) is 6.82. The fourth-order valence-corrected chi connectivity index (χ4v) is 5.37. The molecule has 0 spiro atoms. The van der Waals surface area contributed by atoms with E-state index in [1.54, 1.807) is 0 Å². The van der Waals surface area contributed by atoms with Crippen molar-refractivity contribution in [3.05, 3.63) is 10.4 Å². The Kier molecular flexibility index (Phi) is 8.67. The number of rotatable bonds is 7. The fraction of sp³-hybridized carbons (Fsp3) is 1.00. The minimum absolute atomic E-state index is 0.0224. The largest absolute Gasteiger partial charge is 0.697 e. The van der Waals surface area contributed by atoms with Gasteiger partial charge in [0, 0.05) is 9.48 Å². The number of azide groups is 1. The normalized spacial score (nSPS) is 27.3. The first-order valence-corrected chi connectivity index (χ1v) is 16.7. The summed E-state index contributed by atoms with van der Waals surface area (Å²) in [6, 6.07) is -0.625. The average molecular weight is 467 g/mol. The molecule has 1 rings (SSSR count). The maximum Gasteiger partial charge on any atom is 0.697 e. The van der Waals surface area contributed by atoms with Crippen LogP contribution in [0.5, 0.6) is 0 Å². The van der Waals surface area contributed by atoms with E-state index < -0.39 is 49.4 Å². The smallest absolute Gasteiger partial charge is 0.411 e. The van der Waals surface area contributed by atoms with Gasteiger partial charge < -0.3 is 13.6 Å². The lowest BCUT2D eigenvalue weighted by atomic mass is 10.0. The van der Waals surface area contributed by atoms with Crippen molar-refractivity contribution < 1.29 is 27.6 Å². The average Bonchev–Trinajstić information content (AvgIpc) is 2.50. The highest BCUT2D eigenvalue weighted by Crippen LogP contribution is 2.43. The lowest BCUT2D eigenvalue weighted by Gasteiger charge is -2.49. The van der Waals surface area contributed by atoms with Crippen molar-refractivity contribution in [1.82, 2.24) is 0 Å². The van der Waals surface area contributed by atoms with Gasteiger partial charge in [-0.25, -0.2) is 0 Å². The summed E-state index contributed by atoms with van der Waals surface area (Å²) in [5.41, 5.74) is 9.06. The lowest BCUT2D eigenvalue weighted by Crippen LogP contribution is -2.62. The molecule has 0 aromatic carbocycles. The number of hydrogen-bond donors (Lipinski definition) is 1. The molecule has 5 atom stereocenters. The van der Waals surface area contributed by atoms with E-state index in [0.717, 1.165) is 0 Å². The molecule has 168 valence electrons. The molecule has 1 unspecified atom stereocenters. The summed E-state index contributed by atoms with van der Waals surface area (Å²) in [6.45, 7) is 21.0. The van der Waals surface area contributed by atoms with Gasteiger partial charge in [0.2, 0.25) is 6.29 Å². The first kappa shape index (κ1) is 26.7. The van der Waals surface area contributed by atoms with Gasteiger partial charge in [0.1, 0.15) is 6.10 Å². The van der Waals surface area contributed by atoms with Crippen molar-refractivity contribution in [3.63, 3.8) is 0 Å². The van der Waals surface area contributed by atoms with Gasteiger partial charge >= 0.3 is 8.25 Å². The van der Waals surface area contributed by atoms with Crippen molar-refractivity contribution in [2.45, 2.75) is 102 Å². The van der Waals surface area contributed by atoms with E-state index in [1.165, 1.54) is 0 Å². The summed E-state index contributed by atoms with van der Waals surface area (Å²) in [5, 5.41) is 3.67. The molecule has 0 radical (unpaired) electrons. The van der Waals surface area contributed by atoms with Crippen LogP contribution < -0.4 is 0 Å². The van der Waals surface area contributed by atoms with Gasteiger partial charge in [-0.05, 0) is 41.8 Å². The summed E-state index contributed by atoms with van der Waals surface area (Å²) in [6.07, 6.45) is -2.52. The molecule has 1 heterocycles. The monoisotopic (exact) mass is 466 g/mol. The summed E-state index contributed by atoms with van der Waals surface area (Å²) in [5.74, 6) is 0. The molecule has 1 aliphatic heterocycles. The molecule has 1 saturated heterocycles. The zero-order valence-corrected chi connectivity index (χ0v) is 22.2. The topological polar surface area (TPSA) is 123 Å². The van der Waals surface area contributed by atoms with Crippen LogP contribution in [-0.2, 0) is 22.7 Å². The van der Waals surface area contributed by atoms with Crippen LogP contribution in [0.25, 0.3) is 10.4 Å². The number of nitrogens with zero attached hydrogens (tertiary/aromatic N) is 3. The van der Waals surface area contributed by atoms with E-state index in [4.69, 9.17) is 23.6 Å². The van der Waals surface area contributed by atoms with Crippen molar-refractivity contribution in [1.29, 1.82) is 0 Å². The van der Waals surface area contributed by atoms with Crippen LogP contribution in [0.3, 0.4) is 0 Å². The number of ether oxygens (including phenoxy) is 1. The summed E-state index contributed by atoms with van der Waals surface area (Å²) >= 11 is 0. The molecule has 1 aliphatic rings. The maximum atomic E-state index is 11.4. The van der Waals surface area contributed by atoms with Gasteiger partial charge in [0.25, 0.3) is 0 Å². The highest BCUT2D eigenvalue weighted by atomic mass is 31.1. The van der Waals surface area contributed by atoms with E-state index >= 15 is 0 Å². The Morgan fingerprint density at radius 2 is 1.48 bits per heavy atom. The molecule has 0 saturated carbocycles. The van der Waals surface area contributed by atoms with Crippen molar-refractivity contribution in [3.8, 4) is 0 Å². The van der Waals surface area contributed by atoms with Crippen LogP contribution >= 0.6 is 8.25 Å². The fourth-order valence-electron chi connectivity index (χ4n) is 2.40. The second-order valence-corrected chi connectivity index (χ2v) is 20.7. The summed E-state index contributed by atoms with van der Waals surface area (Å²) in [7, 11) is -7.53. The van der Waals surface area contributed by atoms with Crippen LogP contribution in [0.1, 0.15) is 41.5 Å². The van der Waals surface area contributed by atoms with Crippen LogP contribution in [0.2, 0.25) is 36.3 Å². The zero-order valence-electron chi connectivity index (χ0n) is 19.3. The molecule has 1 fully saturated rings. The second-order valence-electron chi connectivity index (χ2n) is 10.5. The van der Waals surface area contributed by atoms with E-state index in [2.05, 4.69) is 77.8 Å². The molecule has 1 N–H and O–H groups in total. The quantitative estimate of drug-likeness (QED) is 0.174. The SMILES string of the molecule is CC(C)(C)[Si](C)(C)O[C@@H]1[C@@H](O[Si](C)(C)C(C)(C)C)[C@@H](O[P+](=O)O)OC[C@@H]1N=[N+]=[N-]. The van der Waals surface area contributed by atoms with Crippen LogP contribution in [0.4, 0.5) is 0 Å². The Bertz CT molecular complexity index is 644. The van der Waals surface area contributed by atoms with E-state index in [0.29, 0.717) is 0 Å². The molecule has 9 nitrogen and oxygen atoms in total. The van der Waals surface area contributed by atoms with Gasteiger partial charge in [0.05, 0.1) is 18.8 Å². The predicted molar refractivity (Wildman–Crippen MR) is 118 cm³/mol. The molecular weight excluding hydrogens is 429 g/mol. The first-order valence-electron chi connectivity index (χ1n) is 9.77. The Hall–Kier alpha value is -0.356. The van der Waals surface area contributed by atoms with Crippen LogP contribution in [0.15, 0.2) is 5.11 Å². The molecule has 0 aromatic heterocycles. The highest BCUT2D eigenvalue weighted by molar-refractivity contribution is 7.32. The second kappa shape index (κ2) is 9.42. The minimum atomic E-state index is -2.90. The van der Waals surface area contributed by atoms with Crippen LogP contribution in [0, 0.1) is 0 Å². The molecule has 12 heteroatoms. The van der Waals surface area contributed by atoms with E-state index in [-0.39, 0.29) is 16.7 Å². The van der Waals surface area contributed by atoms with E-state index in [9.17, 15) is 9.46 Å². The molecule has 0 aliphatic carbocycles. The third-order valence-corrected chi connectivity index (χ3v) is 15.6. The van der Waals surface area contributed by atoms with Crippen molar-refractivity contribution in [2.24, 2.45) is 5.11 Å².